The molecule has 0 bridgehead atoms. The first-order valence-electron chi connectivity index (χ1n) is 5.73. The Morgan fingerprint density at radius 1 is 1.15 bits per heavy atom. The molecule has 0 aliphatic carbocycles. The van der Waals surface area contributed by atoms with E-state index in [1.165, 1.54) is 30.3 Å². The molecule has 0 saturated heterocycles. The predicted octanol–water partition coefficient (Wildman–Crippen LogP) is 3.76. The molecule has 0 unspecified atom stereocenters. The fourth-order valence-electron chi connectivity index (χ4n) is 1.65. The van der Waals surface area contributed by atoms with Crippen LogP contribution in [0, 0.1) is 5.82 Å². The van der Waals surface area contributed by atoms with Crippen LogP contribution in [0.4, 0.5) is 4.39 Å². The van der Waals surface area contributed by atoms with Crippen molar-refractivity contribution < 1.29 is 17.5 Å². The lowest BCUT2D eigenvalue weighted by Gasteiger charge is -2.10. The van der Waals surface area contributed by atoms with Crippen molar-refractivity contribution >= 4 is 21.4 Å². The van der Waals surface area contributed by atoms with Crippen LogP contribution in [0.2, 0.25) is 0 Å². The molecule has 0 amide bonds. The Labute approximate surface area is 121 Å². The zero-order chi connectivity index (χ0) is 14.8. The van der Waals surface area contributed by atoms with Gasteiger partial charge in [0.2, 0.25) is 0 Å². The monoisotopic (exact) mass is 314 g/mol. The van der Waals surface area contributed by atoms with Crippen LogP contribution < -0.4 is 4.74 Å². The fourth-order valence-corrected chi connectivity index (χ4v) is 2.49. The molecule has 0 aliphatic rings. The Hall–Kier alpha value is -1.59. The minimum Gasteiger partial charge on any atom is -0.454 e. The van der Waals surface area contributed by atoms with Crippen LogP contribution in [0.5, 0.6) is 11.5 Å². The molecular formula is C14H12ClFO3S. The molecule has 0 aromatic heterocycles. The first-order valence-corrected chi connectivity index (χ1v) is 8.16. The molecule has 106 valence electrons. The predicted molar refractivity (Wildman–Crippen MR) is 75.6 cm³/mol. The van der Waals surface area contributed by atoms with Crippen molar-refractivity contribution in [1.82, 2.24) is 0 Å². The van der Waals surface area contributed by atoms with Crippen LogP contribution in [0.25, 0.3) is 0 Å². The average molecular weight is 315 g/mol. The fraction of sp³-hybridized carbons (Fsp3) is 0.143. The first-order chi connectivity index (χ1) is 9.41. The third kappa shape index (κ3) is 3.29. The Balaban J connectivity index is 2.32. The molecule has 3 nitrogen and oxygen atoms in total. The molecule has 0 heterocycles. The van der Waals surface area contributed by atoms with Crippen molar-refractivity contribution in [1.29, 1.82) is 0 Å². The number of hydrogen-bond donors (Lipinski definition) is 0. The number of alkyl halides is 1. The van der Waals surface area contributed by atoms with E-state index in [0.717, 1.165) is 6.26 Å². The quantitative estimate of drug-likeness (QED) is 0.807. The minimum absolute atomic E-state index is 0.0506. The average Bonchev–Trinajstić information content (AvgIpc) is 2.40. The second-order valence-corrected chi connectivity index (χ2v) is 6.49. The van der Waals surface area contributed by atoms with Gasteiger partial charge in [-0.2, -0.15) is 0 Å². The molecule has 0 saturated carbocycles. The first kappa shape index (κ1) is 14.8. The van der Waals surface area contributed by atoms with Crippen LogP contribution in [0.3, 0.4) is 0 Å². The largest absolute Gasteiger partial charge is 0.454 e. The van der Waals surface area contributed by atoms with E-state index in [-0.39, 0.29) is 16.5 Å². The molecule has 0 N–H and O–H groups in total. The molecular weight excluding hydrogens is 303 g/mol. The molecule has 0 aliphatic heterocycles. The van der Waals surface area contributed by atoms with Gasteiger partial charge in [0.25, 0.3) is 0 Å². The van der Waals surface area contributed by atoms with E-state index in [4.69, 9.17) is 16.3 Å². The van der Waals surface area contributed by atoms with Gasteiger partial charge in [-0.1, -0.05) is 12.1 Å². The lowest BCUT2D eigenvalue weighted by Crippen LogP contribution is -1.97. The third-order valence-corrected chi connectivity index (χ3v) is 4.08. The summed E-state index contributed by atoms with van der Waals surface area (Å²) in [5, 5.41) is 0. The zero-order valence-electron chi connectivity index (χ0n) is 10.6. The zero-order valence-corrected chi connectivity index (χ0v) is 12.2. The summed E-state index contributed by atoms with van der Waals surface area (Å²) in [5.74, 6) is -0.00654. The Kier molecular flexibility index (Phi) is 4.30. The molecule has 0 atom stereocenters. The van der Waals surface area contributed by atoms with Crippen LogP contribution in [-0.4, -0.2) is 14.7 Å². The maximum absolute atomic E-state index is 13.7. The van der Waals surface area contributed by atoms with Crippen LogP contribution >= 0.6 is 11.6 Å². The van der Waals surface area contributed by atoms with Crippen LogP contribution in [0.15, 0.2) is 47.4 Å². The summed E-state index contributed by atoms with van der Waals surface area (Å²) in [4.78, 5) is 0.177. The topological polar surface area (TPSA) is 43.4 Å². The van der Waals surface area contributed by atoms with E-state index >= 15 is 0 Å². The van der Waals surface area contributed by atoms with Crippen molar-refractivity contribution in [3.05, 3.63) is 53.8 Å². The van der Waals surface area contributed by atoms with Crippen molar-refractivity contribution in [3.8, 4) is 11.5 Å². The van der Waals surface area contributed by atoms with E-state index in [9.17, 15) is 12.8 Å². The van der Waals surface area contributed by atoms with E-state index < -0.39 is 15.7 Å². The smallest absolute Gasteiger partial charge is 0.175 e. The summed E-state index contributed by atoms with van der Waals surface area (Å²) in [5.41, 5.74) is 0.527. The minimum atomic E-state index is -3.26. The molecule has 2 rings (SSSR count). The summed E-state index contributed by atoms with van der Waals surface area (Å²) in [6, 6.07) is 10.2. The van der Waals surface area contributed by atoms with Crippen molar-refractivity contribution in [2.75, 3.05) is 6.26 Å². The third-order valence-electron chi connectivity index (χ3n) is 2.66. The highest BCUT2D eigenvalue weighted by Crippen LogP contribution is 2.30. The number of rotatable bonds is 4. The van der Waals surface area contributed by atoms with E-state index in [1.807, 2.05) is 0 Å². The summed E-state index contributed by atoms with van der Waals surface area (Å²) >= 11 is 5.73. The highest BCUT2D eigenvalue weighted by Gasteiger charge is 2.11. The summed E-state index contributed by atoms with van der Waals surface area (Å²) in [7, 11) is -3.26. The van der Waals surface area contributed by atoms with Gasteiger partial charge in [0.1, 0.15) is 5.75 Å². The maximum atomic E-state index is 13.7. The van der Waals surface area contributed by atoms with Gasteiger partial charge in [-0.25, -0.2) is 12.8 Å². The van der Waals surface area contributed by atoms with Gasteiger partial charge >= 0.3 is 0 Å². The van der Waals surface area contributed by atoms with Crippen molar-refractivity contribution in [3.63, 3.8) is 0 Å². The van der Waals surface area contributed by atoms with Crippen LogP contribution in [-0.2, 0) is 15.7 Å². The van der Waals surface area contributed by atoms with E-state index in [2.05, 4.69) is 0 Å². The number of sulfone groups is 1. The molecule has 6 heteroatoms. The molecule has 2 aromatic carbocycles. The molecule has 0 fully saturated rings. The number of hydrogen-bond acceptors (Lipinski definition) is 3. The number of ether oxygens (including phenoxy) is 1. The van der Waals surface area contributed by atoms with Gasteiger partial charge in [-0.3, -0.25) is 0 Å². The summed E-state index contributed by atoms with van der Waals surface area (Å²) in [6.45, 7) is 0. The second-order valence-electron chi connectivity index (χ2n) is 4.21. The summed E-state index contributed by atoms with van der Waals surface area (Å²) in [6.07, 6.45) is 1.12. The van der Waals surface area contributed by atoms with E-state index in [1.54, 1.807) is 12.1 Å². The molecule has 2 aromatic rings. The van der Waals surface area contributed by atoms with Gasteiger partial charge in [-0.05, 0) is 30.3 Å². The SMILES string of the molecule is CS(=O)(=O)c1ccc(Oc2c(F)cccc2CCl)cc1. The van der Waals surface area contributed by atoms with Gasteiger partial charge in [-0.15, -0.1) is 11.6 Å². The number of halogens is 2. The molecule has 0 radical (unpaired) electrons. The van der Waals surface area contributed by atoms with Gasteiger partial charge in [0.15, 0.2) is 21.4 Å². The second kappa shape index (κ2) is 5.81. The number of benzene rings is 2. The van der Waals surface area contributed by atoms with Crippen molar-refractivity contribution in [2.45, 2.75) is 10.8 Å². The maximum Gasteiger partial charge on any atom is 0.175 e. The number of para-hydroxylation sites is 1. The Bertz CT molecular complexity index is 712. The molecule has 0 spiro atoms. The standard InChI is InChI=1S/C14H12ClFO3S/c1-20(17,18)12-7-5-11(6-8-12)19-14-10(9-15)3-2-4-13(14)16/h2-8H,9H2,1H3. The lowest BCUT2D eigenvalue weighted by molar-refractivity contribution is 0.438. The van der Waals surface area contributed by atoms with Crippen molar-refractivity contribution in [2.24, 2.45) is 0 Å². The Morgan fingerprint density at radius 3 is 2.35 bits per heavy atom. The summed E-state index contributed by atoms with van der Waals surface area (Å²) < 4.78 is 41.8. The molecule has 20 heavy (non-hydrogen) atoms. The van der Waals surface area contributed by atoms with E-state index in [0.29, 0.717) is 11.3 Å². The van der Waals surface area contributed by atoms with Gasteiger partial charge < -0.3 is 4.74 Å². The highest BCUT2D eigenvalue weighted by atomic mass is 35.5. The van der Waals surface area contributed by atoms with Gasteiger partial charge in [0, 0.05) is 11.8 Å². The lowest BCUT2D eigenvalue weighted by atomic mass is 10.2. The van der Waals surface area contributed by atoms with Crippen LogP contribution in [0.1, 0.15) is 5.56 Å². The highest BCUT2D eigenvalue weighted by molar-refractivity contribution is 7.90. The Morgan fingerprint density at radius 2 is 1.80 bits per heavy atom. The normalized spacial score (nSPS) is 11.3. The van der Waals surface area contributed by atoms with Gasteiger partial charge in [0.05, 0.1) is 10.8 Å².